The van der Waals surface area contributed by atoms with Crippen LogP contribution in [-0.4, -0.2) is 0 Å². The maximum atomic E-state index is 2.38. The lowest BCUT2D eigenvalue weighted by atomic mass is 9.93. The van der Waals surface area contributed by atoms with Crippen LogP contribution < -0.4 is 4.90 Å². The molecule has 0 unspecified atom stereocenters. The van der Waals surface area contributed by atoms with Gasteiger partial charge in [0.1, 0.15) is 0 Å². The lowest BCUT2D eigenvalue weighted by Gasteiger charge is -2.26. The Hall–Kier alpha value is -8.00. The molecule has 0 saturated heterocycles. The van der Waals surface area contributed by atoms with Crippen molar-refractivity contribution in [3.8, 4) is 55.6 Å². The Morgan fingerprint density at radius 1 is 0.197 bits per heavy atom. The second kappa shape index (κ2) is 15.6. The number of hydrogen-bond donors (Lipinski definition) is 0. The summed E-state index contributed by atoms with van der Waals surface area (Å²) in [5.74, 6) is 0. The molecule has 0 aliphatic carbocycles. The Kier molecular flexibility index (Phi) is 9.26. The van der Waals surface area contributed by atoms with Gasteiger partial charge in [-0.25, -0.2) is 0 Å². The minimum atomic E-state index is 1.09. The molecule has 0 aromatic heterocycles. The summed E-state index contributed by atoms with van der Waals surface area (Å²) >= 11 is 0. The molecule has 0 aliphatic rings. The second-order valence-electron chi connectivity index (χ2n) is 15.7. The lowest BCUT2D eigenvalue weighted by molar-refractivity contribution is 1.28. The van der Waals surface area contributed by atoms with Crippen molar-refractivity contribution >= 4 is 49.4 Å². The van der Waals surface area contributed by atoms with Crippen molar-refractivity contribution in [3.63, 3.8) is 0 Å². The van der Waals surface area contributed by atoms with Gasteiger partial charge in [0.15, 0.2) is 0 Å². The highest BCUT2D eigenvalue weighted by Gasteiger charge is 2.16. The van der Waals surface area contributed by atoms with Gasteiger partial charge in [-0.05, 0) is 136 Å². The van der Waals surface area contributed by atoms with Gasteiger partial charge in [0.2, 0.25) is 0 Å². The third-order valence-electron chi connectivity index (χ3n) is 12.1. The van der Waals surface area contributed by atoms with Crippen molar-refractivity contribution in [1.82, 2.24) is 0 Å². The second-order valence-corrected chi connectivity index (χ2v) is 15.7. The average molecular weight is 776 g/mol. The predicted molar refractivity (Wildman–Crippen MR) is 261 cm³/mol. The van der Waals surface area contributed by atoms with Crippen LogP contribution >= 0.6 is 0 Å². The molecule has 0 heterocycles. The van der Waals surface area contributed by atoms with E-state index in [-0.39, 0.29) is 0 Å². The number of benzene rings is 11. The van der Waals surface area contributed by atoms with E-state index in [1.165, 1.54) is 88.0 Å². The molecule has 0 saturated carbocycles. The molecule has 0 fully saturated rings. The van der Waals surface area contributed by atoms with Gasteiger partial charge in [-0.15, -0.1) is 0 Å². The van der Waals surface area contributed by atoms with Gasteiger partial charge < -0.3 is 4.90 Å². The van der Waals surface area contributed by atoms with Crippen molar-refractivity contribution in [3.05, 3.63) is 249 Å². The largest absolute Gasteiger partial charge is 0.310 e. The van der Waals surface area contributed by atoms with Crippen LogP contribution in [0.1, 0.15) is 0 Å². The molecule has 0 aliphatic heterocycles. The molecule has 11 rings (SSSR count). The number of hydrogen-bond acceptors (Lipinski definition) is 1. The molecule has 1 nitrogen and oxygen atoms in total. The zero-order valence-electron chi connectivity index (χ0n) is 33.6. The highest BCUT2D eigenvalue weighted by Crippen LogP contribution is 2.41. The van der Waals surface area contributed by atoms with Gasteiger partial charge in [-0.2, -0.15) is 0 Å². The minimum absolute atomic E-state index is 1.09. The third-order valence-corrected chi connectivity index (χ3v) is 12.1. The van der Waals surface area contributed by atoms with E-state index in [1.807, 2.05) is 0 Å². The molecule has 0 radical (unpaired) electrons. The first-order chi connectivity index (χ1) is 30.2. The van der Waals surface area contributed by atoms with E-state index in [4.69, 9.17) is 0 Å². The Morgan fingerprint density at radius 2 is 0.656 bits per heavy atom. The number of anilines is 3. The molecule has 286 valence electrons. The Morgan fingerprint density at radius 3 is 1.36 bits per heavy atom. The first-order valence-electron chi connectivity index (χ1n) is 21.0. The van der Waals surface area contributed by atoms with Crippen molar-refractivity contribution < 1.29 is 0 Å². The summed E-state index contributed by atoms with van der Waals surface area (Å²) in [6, 6.07) is 90.4. The van der Waals surface area contributed by atoms with Gasteiger partial charge in [-0.1, -0.05) is 200 Å². The summed E-state index contributed by atoms with van der Waals surface area (Å²) in [6.07, 6.45) is 0. The predicted octanol–water partition coefficient (Wildman–Crippen LogP) is 17.0. The molecule has 0 atom stereocenters. The van der Waals surface area contributed by atoms with Crippen LogP contribution in [0, 0.1) is 0 Å². The zero-order chi connectivity index (χ0) is 40.5. The molecular formula is C60H41N. The monoisotopic (exact) mass is 775 g/mol. The lowest BCUT2D eigenvalue weighted by Crippen LogP contribution is -2.10. The maximum Gasteiger partial charge on any atom is 0.0467 e. The van der Waals surface area contributed by atoms with Crippen molar-refractivity contribution in [2.75, 3.05) is 4.90 Å². The first kappa shape index (κ1) is 36.1. The van der Waals surface area contributed by atoms with E-state index < -0.39 is 0 Å². The number of rotatable bonds is 8. The molecule has 61 heavy (non-hydrogen) atoms. The van der Waals surface area contributed by atoms with E-state index in [0.29, 0.717) is 0 Å². The minimum Gasteiger partial charge on any atom is -0.310 e. The van der Waals surface area contributed by atoms with E-state index in [2.05, 4.69) is 254 Å². The van der Waals surface area contributed by atoms with Crippen LogP contribution in [0.2, 0.25) is 0 Å². The fraction of sp³-hybridized carbons (Fsp3) is 0. The highest BCUT2D eigenvalue weighted by molar-refractivity contribution is 6.13. The first-order valence-corrected chi connectivity index (χ1v) is 21.0. The Balaban J connectivity index is 0.989. The average Bonchev–Trinajstić information content (AvgIpc) is 3.34. The standard InChI is InChI=1S/C60H41N/c1-2-13-42(14-3-1)43-27-29-44(30-28-43)45-31-35-52(36-32-45)61(53-37-33-47(34-38-53)60-41-51-16-5-7-23-57(51)58-24-8-9-25-59(58)60)54-21-11-19-49(40-54)48-18-10-20-50(39-48)56-26-12-17-46-15-4-6-22-55(46)56/h1-41H. The smallest absolute Gasteiger partial charge is 0.0467 e. The molecule has 0 N–H and O–H groups in total. The summed E-state index contributed by atoms with van der Waals surface area (Å²) in [5, 5.41) is 7.57. The van der Waals surface area contributed by atoms with Crippen LogP contribution in [-0.2, 0) is 0 Å². The molecule has 0 amide bonds. The van der Waals surface area contributed by atoms with Crippen molar-refractivity contribution in [1.29, 1.82) is 0 Å². The van der Waals surface area contributed by atoms with E-state index in [0.717, 1.165) is 17.1 Å². The summed E-state index contributed by atoms with van der Waals surface area (Å²) in [7, 11) is 0. The molecule has 0 bridgehead atoms. The summed E-state index contributed by atoms with van der Waals surface area (Å²) in [4.78, 5) is 2.38. The topological polar surface area (TPSA) is 3.24 Å². The Labute approximate surface area is 357 Å². The van der Waals surface area contributed by atoms with Gasteiger partial charge >= 0.3 is 0 Å². The van der Waals surface area contributed by atoms with E-state index in [1.54, 1.807) is 0 Å². The fourth-order valence-electron chi connectivity index (χ4n) is 8.99. The van der Waals surface area contributed by atoms with Crippen LogP contribution in [0.4, 0.5) is 17.1 Å². The Bertz CT molecular complexity index is 3320. The quantitative estimate of drug-likeness (QED) is 0.139. The normalized spacial score (nSPS) is 11.3. The summed E-state index contributed by atoms with van der Waals surface area (Å²) < 4.78 is 0. The van der Waals surface area contributed by atoms with E-state index >= 15 is 0 Å². The van der Waals surface area contributed by atoms with Crippen molar-refractivity contribution in [2.24, 2.45) is 0 Å². The molecular weight excluding hydrogens is 735 g/mol. The van der Waals surface area contributed by atoms with Crippen LogP contribution in [0.5, 0.6) is 0 Å². The van der Waals surface area contributed by atoms with Gasteiger partial charge in [-0.3, -0.25) is 0 Å². The van der Waals surface area contributed by atoms with Gasteiger partial charge in [0.25, 0.3) is 0 Å². The van der Waals surface area contributed by atoms with Crippen LogP contribution in [0.25, 0.3) is 88.0 Å². The molecule has 1 heteroatoms. The number of nitrogens with zero attached hydrogens (tertiary/aromatic N) is 1. The third kappa shape index (κ3) is 6.93. The van der Waals surface area contributed by atoms with Crippen LogP contribution in [0.3, 0.4) is 0 Å². The van der Waals surface area contributed by atoms with Gasteiger partial charge in [0.05, 0.1) is 0 Å². The van der Waals surface area contributed by atoms with E-state index in [9.17, 15) is 0 Å². The van der Waals surface area contributed by atoms with Gasteiger partial charge in [0, 0.05) is 17.1 Å². The SMILES string of the molecule is c1ccc(-c2ccc(-c3ccc(N(c4ccc(-c5cc6ccccc6c6ccccc56)cc4)c4cccc(-c5cccc(-c6cccc7ccccc67)c5)c4)cc3)cc2)cc1. The fourth-order valence-corrected chi connectivity index (χ4v) is 8.99. The summed E-state index contributed by atoms with van der Waals surface area (Å²) in [6.45, 7) is 0. The van der Waals surface area contributed by atoms with Crippen LogP contribution in [0.15, 0.2) is 249 Å². The molecule has 0 spiro atoms. The highest BCUT2D eigenvalue weighted by atomic mass is 15.1. The summed E-state index contributed by atoms with van der Waals surface area (Å²) in [5.41, 5.74) is 15.3. The number of fused-ring (bicyclic) bond motifs is 4. The van der Waals surface area contributed by atoms with Crippen molar-refractivity contribution in [2.45, 2.75) is 0 Å². The zero-order valence-corrected chi connectivity index (χ0v) is 33.6. The molecule has 11 aromatic rings. The maximum absolute atomic E-state index is 2.38. The molecule has 11 aromatic carbocycles.